The van der Waals surface area contributed by atoms with Crippen LogP contribution in [0.1, 0.15) is 23.8 Å². The van der Waals surface area contributed by atoms with Crippen LogP contribution in [-0.4, -0.2) is 53.0 Å². The van der Waals surface area contributed by atoms with Gasteiger partial charge in [0.05, 0.1) is 5.69 Å². The lowest BCUT2D eigenvalue weighted by molar-refractivity contribution is -0.121. The summed E-state index contributed by atoms with van der Waals surface area (Å²) in [6, 6.07) is 2.42. The second-order valence-corrected chi connectivity index (χ2v) is 4.23. The smallest absolute Gasteiger partial charge is 0.356 e. The number of nitrogens with zero attached hydrogens (tertiary/aromatic N) is 2. The molecule has 0 fully saturated rings. The van der Waals surface area contributed by atoms with E-state index >= 15 is 0 Å². The zero-order chi connectivity index (χ0) is 15.8. The van der Waals surface area contributed by atoms with Gasteiger partial charge in [0.1, 0.15) is 6.54 Å². The fourth-order valence-corrected chi connectivity index (χ4v) is 1.65. The molecule has 0 saturated heterocycles. The van der Waals surface area contributed by atoms with E-state index in [0.717, 1.165) is 0 Å². The van der Waals surface area contributed by atoms with E-state index in [-0.39, 0.29) is 23.8 Å². The highest BCUT2D eigenvalue weighted by atomic mass is 16.4. The number of urea groups is 1. The first-order valence-electron chi connectivity index (χ1n) is 6.44. The number of rotatable bonds is 6. The molecule has 0 aliphatic heterocycles. The van der Waals surface area contributed by atoms with Crippen molar-refractivity contribution in [1.29, 1.82) is 0 Å². The molecule has 1 aromatic heterocycles. The van der Waals surface area contributed by atoms with Crippen LogP contribution >= 0.6 is 0 Å². The predicted octanol–water partition coefficient (Wildman–Crippen LogP) is 0.770. The van der Waals surface area contributed by atoms with Crippen molar-refractivity contribution in [2.75, 3.05) is 25.5 Å². The summed E-state index contributed by atoms with van der Waals surface area (Å²) in [7, 11) is 1.48. The van der Waals surface area contributed by atoms with Crippen LogP contribution in [0, 0.1) is 0 Å². The molecule has 0 radical (unpaired) electrons. The molecule has 0 atom stereocenters. The molecule has 0 aliphatic rings. The van der Waals surface area contributed by atoms with Gasteiger partial charge in [-0.25, -0.2) is 14.6 Å². The van der Waals surface area contributed by atoms with E-state index in [4.69, 9.17) is 5.11 Å². The average Bonchev–Trinajstić information content (AvgIpc) is 2.46. The van der Waals surface area contributed by atoms with Crippen molar-refractivity contribution < 1.29 is 19.5 Å². The fourth-order valence-electron chi connectivity index (χ4n) is 1.65. The number of hydrogen-bond acceptors (Lipinski definition) is 4. The maximum Gasteiger partial charge on any atom is 0.356 e. The van der Waals surface area contributed by atoms with Crippen molar-refractivity contribution in [2.45, 2.75) is 13.3 Å². The number of likely N-dealkylation sites (N-methyl/N-ethyl adjacent to an activating group) is 1. The Labute approximate surface area is 122 Å². The Morgan fingerprint density at radius 3 is 2.67 bits per heavy atom. The highest BCUT2D eigenvalue weighted by Gasteiger charge is 2.19. The maximum absolute atomic E-state index is 12.1. The van der Waals surface area contributed by atoms with Gasteiger partial charge in [0, 0.05) is 19.8 Å². The number of aromatic carboxylic acids is 1. The molecule has 0 bridgehead atoms. The van der Waals surface area contributed by atoms with Crippen molar-refractivity contribution in [2.24, 2.45) is 0 Å². The van der Waals surface area contributed by atoms with Gasteiger partial charge in [0.25, 0.3) is 0 Å². The fraction of sp³-hybridized carbons (Fsp3) is 0.385. The number of carboxylic acids is 1. The normalized spacial score (nSPS) is 9.81. The van der Waals surface area contributed by atoms with Gasteiger partial charge >= 0.3 is 12.0 Å². The molecule has 1 heterocycles. The Hall–Kier alpha value is -2.64. The van der Waals surface area contributed by atoms with Crippen molar-refractivity contribution in [3.05, 3.63) is 24.0 Å². The van der Waals surface area contributed by atoms with Gasteiger partial charge in [-0.05, 0) is 18.6 Å². The third-order valence-electron chi connectivity index (χ3n) is 2.65. The van der Waals surface area contributed by atoms with E-state index < -0.39 is 12.0 Å². The van der Waals surface area contributed by atoms with Gasteiger partial charge in [-0.3, -0.25) is 4.79 Å². The van der Waals surface area contributed by atoms with E-state index in [1.807, 2.05) is 6.92 Å². The Bertz CT molecular complexity index is 533. The number of carbonyl (C=O) groups is 3. The number of anilines is 1. The largest absolute Gasteiger partial charge is 0.476 e. The lowest BCUT2D eigenvalue weighted by atomic mass is 10.3. The molecule has 0 aliphatic carbocycles. The Balaban J connectivity index is 2.86. The van der Waals surface area contributed by atoms with Gasteiger partial charge in [-0.1, -0.05) is 6.92 Å². The molecule has 0 aromatic carbocycles. The third-order valence-corrected chi connectivity index (χ3v) is 2.65. The minimum Gasteiger partial charge on any atom is -0.476 e. The molecule has 3 amide bonds. The van der Waals surface area contributed by atoms with E-state index in [0.29, 0.717) is 13.0 Å². The summed E-state index contributed by atoms with van der Waals surface area (Å²) in [4.78, 5) is 39.6. The van der Waals surface area contributed by atoms with Crippen LogP contribution in [0.4, 0.5) is 10.5 Å². The minimum atomic E-state index is -1.24. The second kappa shape index (κ2) is 7.83. The molecule has 0 unspecified atom stereocenters. The van der Waals surface area contributed by atoms with Crippen molar-refractivity contribution in [3.63, 3.8) is 0 Å². The van der Waals surface area contributed by atoms with Crippen molar-refractivity contribution >= 4 is 23.6 Å². The zero-order valence-corrected chi connectivity index (χ0v) is 11.9. The van der Waals surface area contributed by atoms with E-state index in [9.17, 15) is 14.4 Å². The maximum atomic E-state index is 12.1. The highest BCUT2D eigenvalue weighted by Crippen LogP contribution is 2.13. The number of pyridine rings is 1. The molecule has 3 N–H and O–H groups in total. The number of carboxylic acid groups (broad SMARTS) is 1. The van der Waals surface area contributed by atoms with E-state index in [1.165, 1.54) is 30.3 Å². The van der Waals surface area contributed by atoms with E-state index in [1.54, 1.807) is 0 Å². The van der Waals surface area contributed by atoms with Crippen LogP contribution in [-0.2, 0) is 4.79 Å². The molecule has 8 heteroatoms. The highest BCUT2D eigenvalue weighted by molar-refractivity contribution is 5.99. The second-order valence-electron chi connectivity index (χ2n) is 4.23. The first kappa shape index (κ1) is 16.4. The summed E-state index contributed by atoms with van der Waals surface area (Å²) in [6.45, 7) is 2.15. The first-order valence-corrected chi connectivity index (χ1v) is 6.44. The molecule has 8 nitrogen and oxygen atoms in total. The summed E-state index contributed by atoms with van der Waals surface area (Å²) < 4.78 is 0. The summed E-state index contributed by atoms with van der Waals surface area (Å²) in [6.07, 6.45) is 2.00. The Morgan fingerprint density at radius 2 is 2.10 bits per heavy atom. The van der Waals surface area contributed by atoms with Crippen LogP contribution in [0.5, 0.6) is 0 Å². The zero-order valence-electron chi connectivity index (χ0n) is 11.9. The molecular weight excluding hydrogens is 276 g/mol. The van der Waals surface area contributed by atoms with Crippen LogP contribution in [0.15, 0.2) is 18.3 Å². The average molecular weight is 294 g/mol. The molecule has 0 saturated carbocycles. The lowest BCUT2D eigenvalue weighted by Gasteiger charge is -2.21. The van der Waals surface area contributed by atoms with Crippen molar-refractivity contribution in [3.8, 4) is 0 Å². The van der Waals surface area contributed by atoms with Gasteiger partial charge in [-0.2, -0.15) is 0 Å². The molecule has 1 aromatic rings. The molecular formula is C13H18N4O4. The molecule has 0 spiro atoms. The first-order chi connectivity index (χ1) is 9.99. The summed E-state index contributed by atoms with van der Waals surface area (Å²) >= 11 is 0. The molecule has 114 valence electrons. The van der Waals surface area contributed by atoms with Gasteiger partial charge in [-0.15, -0.1) is 0 Å². The Morgan fingerprint density at radius 1 is 1.38 bits per heavy atom. The minimum absolute atomic E-state index is 0.0907. The van der Waals surface area contributed by atoms with Crippen LogP contribution in [0.3, 0.4) is 0 Å². The summed E-state index contributed by atoms with van der Waals surface area (Å²) in [5, 5.41) is 13.9. The number of nitrogens with one attached hydrogen (secondary N) is 2. The number of hydrogen-bond donors (Lipinski definition) is 3. The summed E-state index contributed by atoms with van der Waals surface area (Å²) in [5.41, 5.74) is -0.157. The SMILES string of the molecule is CCCN(CC(=O)NC)C(=O)Nc1cccnc1C(=O)O. The predicted molar refractivity (Wildman–Crippen MR) is 76.1 cm³/mol. The number of carbonyl (C=O) groups excluding carboxylic acids is 2. The van der Waals surface area contributed by atoms with Crippen LogP contribution in [0.25, 0.3) is 0 Å². The van der Waals surface area contributed by atoms with E-state index in [2.05, 4.69) is 15.6 Å². The summed E-state index contributed by atoms with van der Waals surface area (Å²) in [5.74, 6) is -1.54. The van der Waals surface area contributed by atoms with Crippen LogP contribution < -0.4 is 10.6 Å². The third kappa shape index (κ3) is 4.75. The monoisotopic (exact) mass is 294 g/mol. The topological polar surface area (TPSA) is 112 Å². The standard InChI is InChI=1S/C13H18N4O4/c1-3-7-17(8-10(18)14-2)13(21)16-9-5-4-6-15-11(9)12(19)20/h4-6H,3,7-8H2,1-2H3,(H,14,18)(H,16,21)(H,19,20). The van der Waals surface area contributed by atoms with Crippen molar-refractivity contribution in [1.82, 2.24) is 15.2 Å². The van der Waals surface area contributed by atoms with Gasteiger partial charge in [0.2, 0.25) is 5.91 Å². The van der Waals surface area contributed by atoms with Crippen LogP contribution in [0.2, 0.25) is 0 Å². The number of aromatic nitrogens is 1. The Kier molecular flexibility index (Phi) is 6.12. The molecule has 21 heavy (non-hydrogen) atoms. The quantitative estimate of drug-likeness (QED) is 0.717. The lowest BCUT2D eigenvalue weighted by Crippen LogP contribution is -2.42. The number of amides is 3. The van der Waals surface area contributed by atoms with Gasteiger partial charge < -0.3 is 20.6 Å². The molecule has 1 rings (SSSR count). The van der Waals surface area contributed by atoms with Gasteiger partial charge in [0.15, 0.2) is 5.69 Å².